The third-order valence-corrected chi connectivity index (χ3v) is 3.13. The summed E-state index contributed by atoms with van der Waals surface area (Å²) in [6.07, 6.45) is 0. The lowest BCUT2D eigenvalue weighted by Crippen LogP contribution is -2.06. The summed E-state index contributed by atoms with van der Waals surface area (Å²) >= 11 is 1.72. The summed E-state index contributed by atoms with van der Waals surface area (Å²) in [4.78, 5) is 4.33. The number of hydrogen-bond acceptors (Lipinski definition) is 5. The number of rotatable bonds is 3. The van der Waals surface area contributed by atoms with E-state index in [0.717, 1.165) is 34.7 Å². The number of thioether (sulfide) groups is 1. The summed E-state index contributed by atoms with van der Waals surface area (Å²) in [5.74, 6) is 2.58. The molecule has 0 unspecified atom stereocenters. The van der Waals surface area contributed by atoms with Crippen LogP contribution in [0.1, 0.15) is 0 Å². The van der Waals surface area contributed by atoms with Crippen LogP contribution in [0.5, 0.6) is 11.5 Å². The molecule has 1 heterocycles. The minimum Gasteiger partial charge on any atom is -0.497 e. The van der Waals surface area contributed by atoms with E-state index < -0.39 is 0 Å². The number of aliphatic imine (C=N–C) groups is 1. The molecule has 0 fully saturated rings. The lowest BCUT2D eigenvalue weighted by atomic mass is 10.3. The van der Waals surface area contributed by atoms with Crippen LogP contribution in [0, 0.1) is 0 Å². The number of hydrogen-bond donors (Lipinski definition) is 1. The molecule has 5 heteroatoms. The van der Waals surface area contributed by atoms with Crippen molar-refractivity contribution in [3.05, 3.63) is 18.2 Å². The van der Waals surface area contributed by atoms with Crippen molar-refractivity contribution in [1.29, 1.82) is 0 Å². The second-order valence-electron chi connectivity index (χ2n) is 3.23. The largest absolute Gasteiger partial charge is 0.497 e. The van der Waals surface area contributed by atoms with Crippen molar-refractivity contribution in [2.45, 2.75) is 0 Å². The fourth-order valence-corrected chi connectivity index (χ4v) is 2.17. The molecule has 16 heavy (non-hydrogen) atoms. The van der Waals surface area contributed by atoms with E-state index in [4.69, 9.17) is 9.47 Å². The maximum atomic E-state index is 5.29. The number of nitrogens with one attached hydrogen (secondary N) is 1. The van der Waals surface area contributed by atoms with Gasteiger partial charge >= 0.3 is 0 Å². The van der Waals surface area contributed by atoms with Crippen LogP contribution in [-0.4, -0.2) is 31.7 Å². The standard InChI is InChI=1S/C11H14N2O2S/c1-14-8-3-4-9(10(7-8)15-2)13-11-12-5-6-16-11/h3-4,7H,5-6H2,1-2H3,(H,12,13). The molecule has 0 radical (unpaired) electrons. The van der Waals surface area contributed by atoms with Crippen molar-refractivity contribution in [3.63, 3.8) is 0 Å². The molecule has 1 aliphatic rings. The Labute approximate surface area is 99.0 Å². The van der Waals surface area contributed by atoms with Gasteiger partial charge in [-0.3, -0.25) is 4.99 Å². The molecular weight excluding hydrogens is 224 g/mol. The highest BCUT2D eigenvalue weighted by atomic mass is 32.2. The first-order valence-corrected chi connectivity index (χ1v) is 5.98. The molecule has 1 aromatic rings. The van der Waals surface area contributed by atoms with Gasteiger partial charge in [-0.1, -0.05) is 11.8 Å². The van der Waals surface area contributed by atoms with Crippen molar-refractivity contribution in [1.82, 2.24) is 0 Å². The smallest absolute Gasteiger partial charge is 0.161 e. The zero-order chi connectivity index (χ0) is 11.4. The van der Waals surface area contributed by atoms with Crippen molar-refractivity contribution in [3.8, 4) is 11.5 Å². The molecule has 0 saturated heterocycles. The Morgan fingerprint density at radius 2 is 2.19 bits per heavy atom. The third-order valence-electron chi connectivity index (χ3n) is 2.24. The van der Waals surface area contributed by atoms with Gasteiger partial charge in [0.15, 0.2) is 5.17 Å². The van der Waals surface area contributed by atoms with E-state index in [1.807, 2.05) is 18.2 Å². The highest BCUT2D eigenvalue weighted by molar-refractivity contribution is 8.14. The molecule has 1 aliphatic heterocycles. The van der Waals surface area contributed by atoms with E-state index in [2.05, 4.69) is 10.3 Å². The number of benzene rings is 1. The van der Waals surface area contributed by atoms with Crippen molar-refractivity contribution in [2.75, 3.05) is 31.8 Å². The SMILES string of the molecule is COc1ccc(NC2=NCCS2)c(OC)c1. The number of ether oxygens (including phenoxy) is 2. The average molecular weight is 238 g/mol. The fraction of sp³-hybridized carbons (Fsp3) is 0.364. The minimum atomic E-state index is 0.759. The Hall–Kier alpha value is -1.36. The Kier molecular flexibility index (Phi) is 3.56. The number of anilines is 1. The van der Waals surface area contributed by atoms with Gasteiger partial charge in [-0.05, 0) is 12.1 Å². The Balaban J connectivity index is 2.19. The first kappa shape index (κ1) is 11.1. The molecule has 0 atom stereocenters. The lowest BCUT2D eigenvalue weighted by Gasteiger charge is -2.11. The molecule has 0 spiro atoms. The van der Waals surface area contributed by atoms with Gasteiger partial charge in [0.05, 0.1) is 26.5 Å². The first-order chi connectivity index (χ1) is 7.83. The lowest BCUT2D eigenvalue weighted by molar-refractivity contribution is 0.395. The summed E-state index contributed by atoms with van der Waals surface area (Å²) in [7, 11) is 3.28. The Morgan fingerprint density at radius 1 is 1.31 bits per heavy atom. The van der Waals surface area contributed by atoms with E-state index in [0.29, 0.717) is 0 Å². The number of amidine groups is 1. The molecule has 0 saturated carbocycles. The number of nitrogens with zero attached hydrogens (tertiary/aromatic N) is 1. The zero-order valence-electron chi connectivity index (χ0n) is 9.32. The van der Waals surface area contributed by atoms with Crippen LogP contribution >= 0.6 is 11.8 Å². The van der Waals surface area contributed by atoms with Crippen LogP contribution in [0.2, 0.25) is 0 Å². The predicted octanol–water partition coefficient (Wildman–Crippen LogP) is 2.22. The number of methoxy groups -OCH3 is 2. The summed E-state index contributed by atoms with van der Waals surface area (Å²) in [6, 6.07) is 5.67. The Morgan fingerprint density at radius 3 is 2.81 bits per heavy atom. The van der Waals surface area contributed by atoms with Crippen molar-refractivity contribution < 1.29 is 9.47 Å². The van der Waals surface area contributed by atoms with Gasteiger partial charge in [-0.25, -0.2) is 0 Å². The maximum Gasteiger partial charge on any atom is 0.161 e. The van der Waals surface area contributed by atoms with Gasteiger partial charge < -0.3 is 14.8 Å². The van der Waals surface area contributed by atoms with Crippen LogP contribution in [0.3, 0.4) is 0 Å². The Bertz CT molecular complexity index is 407. The van der Waals surface area contributed by atoms with Gasteiger partial charge in [0, 0.05) is 11.8 Å². The van der Waals surface area contributed by atoms with E-state index in [1.165, 1.54) is 0 Å². The molecule has 0 aliphatic carbocycles. The van der Waals surface area contributed by atoms with Crippen molar-refractivity contribution >= 4 is 22.6 Å². The van der Waals surface area contributed by atoms with Crippen LogP contribution < -0.4 is 14.8 Å². The minimum absolute atomic E-state index is 0.759. The van der Waals surface area contributed by atoms with Gasteiger partial charge in [0.2, 0.25) is 0 Å². The molecule has 0 aromatic heterocycles. The van der Waals surface area contributed by atoms with Gasteiger partial charge in [-0.2, -0.15) is 0 Å². The third kappa shape index (κ3) is 2.41. The van der Waals surface area contributed by atoms with Gasteiger partial charge in [0.25, 0.3) is 0 Å². The highest BCUT2D eigenvalue weighted by Gasteiger charge is 2.10. The van der Waals surface area contributed by atoms with Gasteiger partial charge in [-0.15, -0.1) is 0 Å². The van der Waals surface area contributed by atoms with Crippen LogP contribution in [-0.2, 0) is 0 Å². The molecule has 1 N–H and O–H groups in total. The quantitative estimate of drug-likeness (QED) is 0.876. The highest BCUT2D eigenvalue weighted by Crippen LogP contribution is 2.30. The molecule has 0 amide bonds. The summed E-state index contributed by atoms with van der Waals surface area (Å²) in [5, 5.41) is 4.19. The fourth-order valence-electron chi connectivity index (χ4n) is 1.43. The molecule has 4 nitrogen and oxygen atoms in total. The molecule has 1 aromatic carbocycles. The molecule has 0 bridgehead atoms. The van der Waals surface area contributed by atoms with Crippen molar-refractivity contribution in [2.24, 2.45) is 4.99 Å². The maximum absolute atomic E-state index is 5.29. The monoisotopic (exact) mass is 238 g/mol. The van der Waals surface area contributed by atoms with Crippen LogP contribution in [0.15, 0.2) is 23.2 Å². The first-order valence-electron chi connectivity index (χ1n) is 5.00. The average Bonchev–Trinajstić information content (AvgIpc) is 2.82. The molecule has 86 valence electrons. The second-order valence-corrected chi connectivity index (χ2v) is 4.31. The van der Waals surface area contributed by atoms with E-state index in [1.54, 1.807) is 26.0 Å². The topological polar surface area (TPSA) is 42.8 Å². The zero-order valence-corrected chi connectivity index (χ0v) is 10.1. The van der Waals surface area contributed by atoms with E-state index in [9.17, 15) is 0 Å². The van der Waals surface area contributed by atoms with Crippen LogP contribution in [0.25, 0.3) is 0 Å². The predicted molar refractivity (Wildman–Crippen MR) is 67.9 cm³/mol. The molecule has 2 rings (SSSR count). The van der Waals surface area contributed by atoms with E-state index >= 15 is 0 Å². The van der Waals surface area contributed by atoms with Crippen LogP contribution in [0.4, 0.5) is 5.69 Å². The molecular formula is C11H14N2O2S. The van der Waals surface area contributed by atoms with E-state index in [-0.39, 0.29) is 0 Å². The second kappa shape index (κ2) is 5.12. The summed E-state index contributed by atoms with van der Waals surface area (Å²) < 4.78 is 10.4. The summed E-state index contributed by atoms with van der Waals surface area (Å²) in [5.41, 5.74) is 0.913. The normalized spacial score (nSPS) is 14.5. The van der Waals surface area contributed by atoms with Gasteiger partial charge in [0.1, 0.15) is 11.5 Å². The summed E-state index contributed by atoms with van der Waals surface area (Å²) in [6.45, 7) is 0.880.